The van der Waals surface area contributed by atoms with Gasteiger partial charge in [0, 0.05) is 18.9 Å². The van der Waals surface area contributed by atoms with Gasteiger partial charge in [0.1, 0.15) is 29.3 Å². The van der Waals surface area contributed by atoms with Crippen molar-refractivity contribution in [2.45, 2.75) is 93.9 Å². The molecule has 3 fully saturated rings. The number of amides is 5. The molecular weight excluding hydrogens is 702 g/mol. The van der Waals surface area contributed by atoms with E-state index in [0.29, 0.717) is 19.3 Å². The highest BCUT2D eigenvalue weighted by Gasteiger charge is 2.62. The number of carbonyl (C=O) groups excluding carboxylic acids is 6. The molecule has 5 amide bonds. The smallest absolute Gasteiger partial charge is 0.411 e. The van der Waals surface area contributed by atoms with Gasteiger partial charge in [0.05, 0.1) is 36.8 Å². The molecule has 284 valence electrons. The number of carbonyl (C=O) groups is 6. The summed E-state index contributed by atoms with van der Waals surface area (Å²) in [6.07, 6.45) is 1.62. The number of hydrogen-bond acceptors (Lipinski definition) is 12. The average Bonchev–Trinajstić information content (AvgIpc) is 3.99. The molecule has 1 aromatic carbocycles. The van der Waals surface area contributed by atoms with E-state index in [-0.39, 0.29) is 50.3 Å². The number of sulfonamides is 1. The fraction of sp³-hybridized carbons (Fsp3) is 0.588. The minimum atomic E-state index is -3.96. The standard InChI is InChI=1S/C34H45N5O12S/c1-33(2,3)51-32(45)36-25-12-8-16-49-15-7-9-20-18-34(20,30(43)38-52(46,47)22-13-14-22)37-27(40)26-17-21(19-39(26)28(25)41)50-31(44)35-24-11-6-5-10-23(24)29(42)48-4/h5-7,9-11,20-22,25-26H,8,12-19H2,1-4H3,(H,35,44)(H,36,45)(H,37,40)(H,38,43). The summed E-state index contributed by atoms with van der Waals surface area (Å²) in [5.74, 6) is -3.63. The van der Waals surface area contributed by atoms with Crippen molar-refractivity contribution in [3.05, 3.63) is 42.0 Å². The first kappa shape index (κ1) is 38.5. The van der Waals surface area contributed by atoms with Gasteiger partial charge in [-0.1, -0.05) is 24.3 Å². The molecule has 5 atom stereocenters. The van der Waals surface area contributed by atoms with Crippen LogP contribution in [0.3, 0.4) is 0 Å². The van der Waals surface area contributed by atoms with Crippen molar-refractivity contribution in [3.8, 4) is 0 Å². The highest BCUT2D eigenvalue weighted by molar-refractivity contribution is 7.91. The number of para-hydroxylation sites is 1. The van der Waals surface area contributed by atoms with Crippen LogP contribution in [0.2, 0.25) is 0 Å². The Morgan fingerprint density at radius 1 is 1.06 bits per heavy atom. The maximum absolute atomic E-state index is 14.2. The summed E-state index contributed by atoms with van der Waals surface area (Å²) in [5.41, 5.74) is -2.34. The van der Waals surface area contributed by atoms with Crippen molar-refractivity contribution >= 4 is 51.6 Å². The number of fused-ring (bicyclic) bond motifs is 2. The fourth-order valence-corrected chi connectivity index (χ4v) is 7.54. The molecule has 0 radical (unpaired) electrons. The molecule has 52 heavy (non-hydrogen) atoms. The highest BCUT2D eigenvalue weighted by Crippen LogP contribution is 2.46. The van der Waals surface area contributed by atoms with Gasteiger partial charge in [-0.2, -0.15) is 0 Å². The summed E-state index contributed by atoms with van der Waals surface area (Å²) in [4.78, 5) is 81.2. The van der Waals surface area contributed by atoms with Crippen molar-refractivity contribution < 1.29 is 56.1 Å². The summed E-state index contributed by atoms with van der Waals surface area (Å²) in [7, 11) is -2.77. The summed E-state index contributed by atoms with van der Waals surface area (Å²) < 4.78 is 49.0. The minimum Gasteiger partial charge on any atom is -0.465 e. The third-order valence-corrected chi connectivity index (χ3v) is 10.8. The van der Waals surface area contributed by atoms with Crippen molar-refractivity contribution in [1.29, 1.82) is 0 Å². The highest BCUT2D eigenvalue weighted by atomic mass is 32.2. The van der Waals surface area contributed by atoms with E-state index in [9.17, 15) is 37.2 Å². The van der Waals surface area contributed by atoms with E-state index in [0.717, 1.165) is 4.90 Å². The van der Waals surface area contributed by atoms with E-state index in [1.807, 2.05) is 0 Å². The Morgan fingerprint density at radius 2 is 1.79 bits per heavy atom. The third kappa shape index (κ3) is 9.39. The van der Waals surface area contributed by atoms with Crippen LogP contribution in [0, 0.1) is 5.92 Å². The third-order valence-electron chi connectivity index (χ3n) is 9.01. The molecule has 5 rings (SSSR count). The first-order valence-electron chi connectivity index (χ1n) is 17.1. The molecule has 0 aromatic heterocycles. The van der Waals surface area contributed by atoms with E-state index in [1.54, 1.807) is 45.1 Å². The van der Waals surface area contributed by atoms with E-state index in [2.05, 4.69) is 20.7 Å². The zero-order chi connectivity index (χ0) is 37.8. The Labute approximate surface area is 301 Å². The molecule has 2 saturated carbocycles. The Hall–Kier alpha value is -4.71. The number of methoxy groups -OCH3 is 1. The second-order valence-electron chi connectivity index (χ2n) is 14.2. The first-order chi connectivity index (χ1) is 24.5. The molecule has 4 aliphatic rings. The fourth-order valence-electron chi connectivity index (χ4n) is 6.18. The molecule has 5 unspecified atom stereocenters. The number of anilines is 1. The van der Waals surface area contributed by atoms with Crippen LogP contribution >= 0.6 is 0 Å². The zero-order valence-electron chi connectivity index (χ0n) is 29.5. The number of ether oxygens (including phenoxy) is 4. The van der Waals surface area contributed by atoms with E-state index < -0.39 is 86.4 Å². The zero-order valence-corrected chi connectivity index (χ0v) is 30.3. The van der Waals surface area contributed by atoms with Gasteiger partial charge in [-0.15, -0.1) is 0 Å². The minimum absolute atomic E-state index is 0.0657. The lowest BCUT2D eigenvalue weighted by Gasteiger charge is -2.30. The average molecular weight is 748 g/mol. The molecule has 17 nitrogen and oxygen atoms in total. The number of benzene rings is 1. The van der Waals surface area contributed by atoms with Crippen LogP contribution < -0.4 is 20.7 Å². The topological polar surface area (TPSA) is 225 Å². The maximum atomic E-state index is 14.2. The predicted molar refractivity (Wildman–Crippen MR) is 183 cm³/mol. The van der Waals surface area contributed by atoms with Crippen molar-refractivity contribution in [3.63, 3.8) is 0 Å². The lowest BCUT2D eigenvalue weighted by Crippen LogP contribution is -2.58. The summed E-state index contributed by atoms with van der Waals surface area (Å²) >= 11 is 0. The lowest BCUT2D eigenvalue weighted by molar-refractivity contribution is -0.141. The first-order valence-corrected chi connectivity index (χ1v) is 18.6. The Bertz CT molecular complexity index is 1720. The summed E-state index contributed by atoms with van der Waals surface area (Å²) in [6.45, 7) is 5.08. The van der Waals surface area contributed by atoms with Gasteiger partial charge >= 0.3 is 18.2 Å². The van der Waals surface area contributed by atoms with Gasteiger partial charge in [0.15, 0.2) is 0 Å². The van der Waals surface area contributed by atoms with Gasteiger partial charge in [-0.25, -0.2) is 22.8 Å². The predicted octanol–water partition coefficient (Wildman–Crippen LogP) is 1.73. The molecule has 1 aromatic rings. The number of esters is 1. The van der Waals surface area contributed by atoms with Crippen molar-refractivity contribution in [2.75, 3.05) is 32.2 Å². The van der Waals surface area contributed by atoms with Gasteiger partial charge in [-0.3, -0.25) is 24.4 Å². The van der Waals surface area contributed by atoms with Crippen LogP contribution in [0.5, 0.6) is 0 Å². The normalized spacial score (nSPS) is 26.7. The monoisotopic (exact) mass is 747 g/mol. The largest absolute Gasteiger partial charge is 0.465 e. The molecule has 4 N–H and O–H groups in total. The second-order valence-corrected chi connectivity index (χ2v) is 16.2. The van der Waals surface area contributed by atoms with E-state index in [4.69, 9.17) is 18.9 Å². The number of hydrogen-bond donors (Lipinski definition) is 4. The maximum Gasteiger partial charge on any atom is 0.411 e. The molecule has 2 aliphatic carbocycles. The van der Waals surface area contributed by atoms with Gasteiger partial charge in [0.2, 0.25) is 21.8 Å². The Morgan fingerprint density at radius 3 is 2.48 bits per heavy atom. The van der Waals surface area contributed by atoms with E-state index >= 15 is 0 Å². The van der Waals surface area contributed by atoms with Gasteiger partial charge in [-0.05, 0) is 65.0 Å². The van der Waals surface area contributed by atoms with Crippen molar-refractivity contribution in [1.82, 2.24) is 20.3 Å². The molecule has 1 saturated heterocycles. The number of nitrogens with one attached hydrogen (secondary N) is 4. The summed E-state index contributed by atoms with van der Waals surface area (Å²) in [6, 6.07) is 3.60. The van der Waals surface area contributed by atoms with Crippen LogP contribution in [0.1, 0.15) is 69.7 Å². The van der Waals surface area contributed by atoms with Gasteiger partial charge in [0.25, 0.3) is 5.91 Å². The van der Waals surface area contributed by atoms with Crippen molar-refractivity contribution in [2.24, 2.45) is 5.92 Å². The molecule has 0 bridgehead atoms. The van der Waals surface area contributed by atoms with E-state index in [1.165, 1.54) is 19.2 Å². The van der Waals surface area contributed by atoms with Gasteiger partial charge < -0.3 is 34.5 Å². The Balaban J connectivity index is 1.41. The SMILES string of the molecule is COC(=O)c1ccccc1NC(=O)OC1CC2C(=O)NC3(C(=O)NS(=O)(=O)C4CC4)CC3C=CCOCCCC(NC(=O)OC(C)(C)C)C(=O)N2C1. The molecule has 2 heterocycles. The molecule has 2 aliphatic heterocycles. The lowest BCUT2D eigenvalue weighted by atomic mass is 10.1. The molecule has 0 spiro atoms. The second kappa shape index (κ2) is 15.5. The van der Waals surface area contributed by atoms with Crippen LogP contribution in [-0.2, 0) is 43.4 Å². The van der Waals surface area contributed by atoms with Crippen LogP contribution in [-0.4, -0.2) is 111 Å². The summed E-state index contributed by atoms with van der Waals surface area (Å²) in [5, 5.41) is 7.12. The van der Waals surface area contributed by atoms with Crippen LogP contribution in [0.25, 0.3) is 0 Å². The Kier molecular flexibility index (Phi) is 11.5. The molecular formula is C34H45N5O12S. The number of alkyl carbamates (subject to hydrolysis) is 1. The number of rotatable bonds is 7. The van der Waals surface area contributed by atoms with Crippen LogP contribution in [0.15, 0.2) is 36.4 Å². The molecule has 18 heteroatoms. The number of nitrogens with zero attached hydrogens (tertiary/aromatic N) is 1. The van der Waals surface area contributed by atoms with Crippen LogP contribution in [0.4, 0.5) is 15.3 Å². The quantitative estimate of drug-likeness (QED) is 0.178.